The van der Waals surface area contributed by atoms with Crippen LogP contribution in [0.5, 0.6) is 23.0 Å². The molecule has 0 bridgehead atoms. The summed E-state index contributed by atoms with van der Waals surface area (Å²) in [6.45, 7) is 23.3. The molecule has 3 fully saturated rings. The summed E-state index contributed by atoms with van der Waals surface area (Å²) >= 11 is 0. The number of aliphatic hydroxyl groups excluding tert-OH is 5. The highest BCUT2D eigenvalue weighted by atomic mass is 16.6. The second-order valence-electron chi connectivity index (χ2n) is 28.7. The third kappa shape index (κ3) is 20.1. The second kappa shape index (κ2) is 35.9. The molecule has 0 spiro atoms. The number of hydrogen-bond donors (Lipinski definition) is 8. The molecule has 4 aromatic rings. The van der Waals surface area contributed by atoms with Crippen LogP contribution in [0.1, 0.15) is 147 Å². The van der Waals surface area contributed by atoms with Gasteiger partial charge >= 0.3 is 6.09 Å². The Morgan fingerprint density at radius 2 is 1.32 bits per heavy atom. The Bertz CT molecular complexity index is 3660. The van der Waals surface area contributed by atoms with Crippen molar-refractivity contribution >= 4 is 52.6 Å². The van der Waals surface area contributed by atoms with Gasteiger partial charge in [-0.15, -0.1) is 0 Å². The molecule has 103 heavy (non-hydrogen) atoms. The second-order valence-corrected chi connectivity index (χ2v) is 28.7. The Labute approximate surface area is 602 Å². The van der Waals surface area contributed by atoms with Gasteiger partial charge in [0, 0.05) is 56.9 Å². The van der Waals surface area contributed by atoms with Crippen molar-refractivity contribution in [3.8, 4) is 23.0 Å². The molecular weight excluding hydrogens is 1330 g/mol. The zero-order valence-corrected chi connectivity index (χ0v) is 60.6. The molecule has 2 unspecified atom stereocenters. The van der Waals surface area contributed by atoms with Gasteiger partial charge in [-0.05, 0) is 123 Å². The fourth-order valence-electron chi connectivity index (χ4n) is 13.3. The fraction of sp³-hybridized carbons (Fsp3) is 0.553. The summed E-state index contributed by atoms with van der Waals surface area (Å²) in [6, 6.07) is 16.1. The Balaban J connectivity index is 0.791. The minimum Gasteiger partial charge on any atom is -0.493 e. The molecule has 0 aromatic heterocycles. The molecule has 0 radical (unpaired) electrons. The van der Waals surface area contributed by atoms with Crippen LogP contribution < -0.4 is 44.7 Å². The van der Waals surface area contributed by atoms with Crippen LogP contribution in [0.15, 0.2) is 91.0 Å². The molecule has 27 heteroatoms. The maximum atomic E-state index is 14.3. The normalized spacial score (nSPS) is 21.6. The van der Waals surface area contributed by atoms with E-state index in [-0.39, 0.29) is 173 Å². The quantitative estimate of drug-likeness (QED) is 0.00985. The van der Waals surface area contributed by atoms with Gasteiger partial charge in [0.2, 0.25) is 11.8 Å². The lowest BCUT2D eigenvalue weighted by Gasteiger charge is -2.35. The molecule has 1 saturated carbocycles. The van der Waals surface area contributed by atoms with Crippen molar-refractivity contribution in [3.05, 3.63) is 124 Å². The zero-order valence-electron chi connectivity index (χ0n) is 60.6. The number of rotatable bonds is 34. The first-order chi connectivity index (χ1) is 49.1. The van der Waals surface area contributed by atoms with Gasteiger partial charge in [-0.2, -0.15) is 0 Å². The van der Waals surface area contributed by atoms with Crippen molar-refractivity contribution in [2.45, 2.75) is 181 Å². The van der Waals surface area contributed by atoms with Crippen molar-refractivity contribution in [3.63, 3.8) is 0 Å². The number of ketones is 1. The van der Waals surface area contributed by atoms with Crippen LogP contribution in [0.2, 0.25) is 0 Å². The number of ether oxygens (including phenoxy) is 9. The van der Waals surface area contributed by atoms with Crippen LogP contribution in [0.4, 0.5) is 21.9 Å². The number of carbonyl (C=O) groups is 6. The number of aliphatic hydroxyl groups is 5. The van der Waals surface area contributed by atoms with E-state index in [0.29, 0.717) is 83.8 Å². The predicted molar refractivity (Wildman–Crippen MR) is 382 cm³/mol. The van der Waals surface area contributed by atoms with E-state index in [1.807, 2.05) is 41.5 Å². The van der Waals surface area contributed by atoms with E-state index in [4.69, 9.17) is 42.6 Å². The van der Waals surface area contributed by atoms with Crippen LogP contribution in [0.3, 0.4) is 0 Å². The average Bonchev–Trinajstić information content (AvgIpc) is 1.62. The van der Waals surface area contributed by atoms with E-state index in [2.05, 4.69) is 29.1 Å². The van der Waals surface area contributed by atoms with E-state index < -0.39 is 67.0 Å². The Morgan fingerprint density at radius 1 is 0.670 bits per heavy atom. The highest BCUT2D eigenvalue weighted by molar-refractivity contribution is 6.06. The lowest BCUT2D eigenvalue weighted by Crippen LogP contribution is -2.52. The van der Waals surface area contributed by atoms with Crippen molar-refractivity contribution < 1.29 is 96.9 Å². The third-order valence-corrected chi connectivity index (χ3v) is 18.8. The van der Waals surface area contributed by atoms with Gasteiger partial charge in [0.1, 0.15) is 62.1 Å². The first-order valence-corrected chi connectivity index (χ1v) is 35.3. The van der Waals surface area contributed by atoms with E-state index in [0.717, 1.165) is 10.5 Å². The SMILES string of the molecule is C=C1C[C@H]2C(O)N(COCc3ccc(O[C@@H]4CC[C@@H](O)[C@H](O)[C@H]4O)c(C(=O)CC(C)(C)C)c3)c3cc(OCCCCCOc4cc5c(cc4OC)C(=O)N4CC(=C)C[C@H]4C(O)N5C(=O)OCc4ccc(NCOC[C@H](C)NC(=O)[C@@H](NC(=O)CCOCCOC)C(C)C)cc4)c(C)cc3C(=O)N2C1. The standard InChI is InChI=1S/C76H103N7O20/c1-44(2)67(79-66(86)23-26-97-28-27-95-10)70(89)78-48(6)39-98-42-77-51-18-15-49(16-19-51)41-102-75(94)83-56-35-65(64(96-11)33-53(56)72(91)81-38-46(4)30-58(81)74(83)93)101-25-14-12-13-24-100-63-34-55-52(31-47(63)5)71(90)80-37-45(3)29-57(80)73(92)82(55)43-99-40-50-17-21-61(54(32-50)60(85)36-76(7,8)9)103-62-22-20-59(84)68(87)69(62)88/h15-19,21,31-35,44,48,57-59,62,67-69,73-74,77,84,87-88,92-93H,3-4,12-14,20,22-30,36-43H2,1-2,5-11H3,(H,78,89)(H,79,86)/t48-,57-,58-,59+,62+,67-,68-,69-,73?,74?/m0/s1. The van der Waals surface area contributed by atoms with Crippen molar-refractivity contribution in [2.24, 2.45) is 11.3 Å². The summed E-state index contributed by atoms with van der Waals surface area (Å²) in [5.41, 5.74) is 4.99. The molecule has 1 aliphatic carbocycles. The molecular formula is C76H103N7O20. The molecule has 2 saturated heterocycles. The third-order valence-electron chi connectivity index (χ3n) is 18.8. The minimum absolute atomic E-state index is 0.00498. The number of Topliss-reactive ketones (excluding diaryl/α,β-unsaturated/α-hetero) is 1. The smallest absolute Gasteiger partial charge is 0.416 e. The molecule has 8 N–H and O–H groups in total. The van der Waals surface area contributed by atoms with Gasteiger partial charge in [0.05, 0.1) is 99.6 Å². The number of aryl methyl sites for hydroxylation is 1. The number of unbranched alkanes of at least 4 members (excludes halogenated alkanes) is 2. The van der Waals surface area contributed by atoms with Crippen molar-refractivity contribution in [2.75, 3.05) is 95.5 Å². The first-order valence-electron chi connectivity index (χ1n) is 35.3. The van der Waals surface area contributed by atoms with Gasteiger partial charge in [-0.1, -0.05) is 77.1 Å². The Kier molecular flexibility index (Phi) is 27.4. The van der Waals surface area contributed by atoms with Crippen LogP contribution in [-0.4, -0.2) is 212 Å². The van der Waals surface area contributed by atoms with E-state index in [1.165, 1.54) is 24.1 Å². The van der Waals surface area contributed by atoms with Gasteiger partial charge < -0.3 is 98.8 Å². The predicted octanol–water partition coefficient (Wildman–Crippen LogP) is 7.29. The lowest BCUT2D eigenvalue weighted by atomic mass is 9.87. The summed E-state index contributed by atoms with van der Waals surface area (Å²) in [7, 11) is 3.01. The van der Waals surface area contributed by atoms with Crippen LogP contribution in [-0.2, 0) is 46.5 Å². The van der Waals surface area contributed by atoms with E-state index >= 15 is 0 Å². The van der Waals surface area contributed by atoms with Crippen LogP contribution in [0, 0.1) is 18.3 Å². The summed E-state index contributed by atoms with van der Waals surface area (Å²) in [6.07, 6.45) is -5.18. The monoisotopic (exact) mass is 1430 g/mol. The zero-order chi connectivity index (χ0) is 74.4. The summed E-state index contributed by atoms with van der Waals surface area (Å²) in [5, 5.41) is 64.3. The highest BCUT2D eigenvalue weighted by Crippen LogP contribution is 2.44. The number of benzene rings is 4. The summed E-state index contributed by atoms with van der Waals surface area (Å²) in [4.78, 5) is 88.4. The molecule has 5 aliphatic rings. The van der Waals surface area contributed by atoms with Crippen LogP contribution in [0.25, 0.3) is 0 Å². The fourth-order valence-corrected chi connectivity index (χ4v) is 13.3. The Morgan fingerprint density at radius 3 is 1.98 bits per heavy atom. The number of nitrogens with one attached hydrogen (secondary N) is 3. The number of nitrogens with zero attached hydrogens (tertiary/aromatic N) is 4. The number of fused-ring (bicyclic) bond motifs is 4. The first kappa shape index (κ1) is 78.8. The van der Waals surface area contributed by atoms with Crippen LogP contribution >= 0.6 is 0 Å². The van der Waals surface area contributed by atoms with Crippen molar-refractivity contribution in [1.29, 1.82) is 0 Å². The lowest BCUT2D eigenvalue weighted by molar-refractivity contribution is -0.131. The maximum Gasteiger partial charge on any atom is 0.416 e. The van der Waals surface area contributed by atoms with Crippen molar-refractivity contribution in [1.82, 2.24) is 20.4 Å². The molecule has 4 heterocycles. The molecule has 4 aliphatic heterocycles. The van der Waals surface area contributed by atoms with Gasteiger partial charge in [0.15, 0.2) is 23.5 Å². The number of amides is 5. The number of anilines is 3. The molecule has 562 valence electrons. The molecule has 4 aromatic carbocycles. The maximum absolute atomic E-state index is 14.3. The number of methoxy groups -OCH3 is 2. The van der Waals surface area contributed by atoms with Gasteiger partial charge in [0.25, 0.3) is 11.8 Å². The summed E-state index contributed by atoms with van der Waals surface area (Å²) < 4.78 is 53.0. The minimum atomic E-state index is -1.52. The molecule has 9 rings (SSSR count). The largest absolute Gasteiger partial charge is 0.493 e. The Hall–Kier alpha value is -8.38. The summed E-state index contributed by atoms with van der Waals surface area (Å²) in [5.74, 6) is -0.499. The molecule has 5 amide bonds. The van der Waals surface area contributed by atoms with E-state index in [1.54, 1.807) is 78.4 Å². The molecule has 27 nitrogen and oxygen atoms in total. The van der Waals surface area contributed by atoms with E-state index in [9.17, 15) is 54.3 Å². The molecule has 10 atom stereocenters. The number of hydrogen-bond acceptors (Lipinski definition) is 22. The van der Waals surface area contributed by atoms with Gasteiger partial charge in [-0.25, -0.2) is 9.69 Å². The highest BCUT2D eigenvalue weighted by Gasteiger charge is 2.48. The number of carbonyl (C=O) groups excluding carboxylic acids is 6. The topological polar surface area (TPSA) is 336 Å². The average molecular weight is 1430 g/mol. The van der Waals surface area contributed by atoms with Gasteiger partial charge in [-0.3, -0.25) is 24.0 Å².